The fraction of sp³-hybridized carbons (Fsp3) is 0.438. The molecule has 0 radical (unpaired) electrons. The number of anilines is 1. The number of nitrogens with zero attached hydrogens (tertiary/aromatic N) is 2. The first kappa shape index (κ1) is 13.9. The normalized spacial score (nSPS) is 14.3. The van der Waals surface area contributed by atoms with Crippen molar-refractivity contribution in [2.75, 3.05) is 31.7 Å². The van der Waals surface area contributed by atoms with E-state index in [9.17, 15) is 0 Å². The van der Waals surface area contributed by atoms with Crippen LogP contribution in [-0.2, 0) is 0 Å². The molecule has 1 aliphatic rings. The summed E-state index contributed by atoms with van der Waals surface area (Å²) in [6.07, 6.45) is 1.82. The van der Waals surface area contributed by atoms with Crippen LogP contribution in [0, 0.1) is 0 Å². The van der Waals surface area contributed by atoms with Crippen molar-refractivity contribution in [3.05, 3.63) is 24.4 Å². The van der Waals surface area contributed by atoms with Crippen molar-refractivity contribution >= 4 is 16.6 Å². The lowest BCUT2D eigenvalue weighted by Gasteiger charge is -2.36. The maximum atomic E-state index is 5.89. The van der Waals surface area contributed by atoms with E-state index in [1.807, 2.05) is 31.4 Å². The second kappa shape index (κ2) is 5.07. The fourth-order valence-corrected chi connectivity index (χ4v) is 2.38. The smallest absolute Gasteiger partial charge is 0.162 e. The lowest BCUT2D eigenvalue weighted by Crippen LogP contribution is -2.47. The highest BCUT2D eigenvalue weighted by Gasteiger charge is 2.25. The molecule has 2 aromatic rings. The first-order valence-electron chi connectivity index (χ1n) is 7.15. The van der Waals surface area contributed by atoms with Gasteiger partial charge in [-0.1, -0.05) is 0 Å². The summed E-state index contributed by atoms with van der Waals surface area (Å²) >= 11 is 0. The molecule has 21 heavy (non-hydrogen) atoms. The summed E-state index contributed by atoms with van der Waals surface area (Å²) in [5.41, 5.74) is 5.71. The van der Waals surface area contributed by atoms with E-state index in [0.717, 1.165) is 28.1 Å². The van der Waals surface area contributed by atoms with E-state index >= 15 is 0 Å². The van der Waals surface area contributed by atoms with Crippen LogP contribution in [0.15, 0.2) is 24.4 Å². The number of nitrogens with two attached hydrogens (primary N) is 1. The number of likely N-dealkylation sites (N-methyl/N-ethyl adjacent to an activating group) is 1. The highest BCUT2D eigenvalue weighted by atomic mass is 16.6. The van der Waals surface area contributed by atoms with Crippen LogP contribution in [0.5, 0.6) is 11.5 Å². The Morgan fingerprint density at radius 3 is 2.57 bits per heavy atom. The number of ether oxygens (including phenoxy) is 2. The third kappa shape index (κ3) is 2.38. The maximum absolute atomic E-state index is 5.89. The summed E-state index contributed by atoms with van der Waals surface area (Å²) in [7, 11) is 2.02. The molecular weight excluding hydrogens is 266 g/mol. The predicted molar refractivity (Wildman–Crippen MR) is 84.3 cm³/mol. The molecule has 1 aromatic heterocycles. The lowest BCUT2D eigenvalue weighted by atomic mass is 10.0. The van der Waals surface area contributed by atoms with Gasteiger partial charge in [-0.2, -0.15) is 0 Å². The third-order valence-corrected chi connectivity index (χ3v) is 4.13. The molecule has 112 valence electrons. The summed E-state index contributed by atoms with van der Waals surface area (Å²) in [6.45, 7) is 5.93. The van der Waals surface area contributed by atoms with Crippen LogP contribution < -0.4 is 20.1 Å². The van der Waals surface area contributed by atoms with Gasteiger partial charge in [0.2, 0.25) is 0 Å². The molecule has 1 aromatic carbocycles. The molecule has 0 spiro atoms. The van der Waals surface area contributed by atoms with E-state index < -0.39 is 0 Å². The van der Waals surface area contributed by atoms with Gasteiger partial charge in [-0.15, -0.1) is 0 Å². The molecule has 0 atom stereocenters. The molecule has 5 nitrogen and oxygen atoms in total. The Balaban J connectivity index is 2.15. The van der Waals surface area contributed by atoms with Gasteiger partial charge in [0, 0.05) is 30.7 Å². The molecule has 0 saturated carbocycles. The molecule has 0 saturated heterocycles. The third-order valence-electron chi connectivity index (χ3n) is 4.13. The summed E-state index contributed by atoms with van der Waals surface area (Å²) in [5, 5.41) is 2.13. The van der Waals surface area contributed by atoms with Crippen LogP contribution >= 0.6 is 0 Å². The minimum atomic E-state index is -0.172. The highest BCUT2D eigenvalue weighted by Crippen LogP contribution is 2.38. The first-order valence-corrected chi connectivity index (χ1v) is 7.15. The second-order valence-corrected chi connectivity index (χ2v) is 5.93. The fourth-order valence-electron chi connectivity index (χ4n) is 2.38. The van der Waals surface area contributed by atoms with Crippen molar-refractivity contribution in [2.24, 2.45) is 5.73 Å². The Kier molecular flexibility index (Phi) is 3.37. The molecule has 0 bridgehead atoms. The predicted octanol–water partition coefficient (Wildman–Crippen LogP) is 2.18. The van der Waals surface area contributed by atoms with Gasteiger partial charge in [0.15, 0.2) is 11.5 Å². The summed E-state index contributed by atoms with van der Waals surface area (Å²) in [6, 6.07) is 6.01. The molecule has 2 N–H and O–H groups in total. The van der Waals surface area contributed by atoms with Gasteiger partial charge in [-0.3, -0.25) is 0 Å². The topological polar surface area (TPSA) is 60.6 Å². The summed E-state index contributed by atoms with van der Waals surface area (Å²) in [5.74, 6) is 2.48. The van der Waals surface area contributed by atoms with Crippen molar-refractivity contribution in [1.29, 1.82) is 0 Å². The maximum Gasteiger partial charge on any atom is 0.162 e. The molecular formula is C16H21N3O2. The average molecular weight is 287 g/mol. The second-order valence-electron chi connectivity index (χ2n) is 5.93. The van der Waals surface area contributed by atoms with Crippen LogP contribution in [0.2, 0.25) is 0 Å². The largest absolute Gasteiger partial charge is 0.486 e. The Hall–Kier alpha value is -2.01. The standard InChI is InChI=1S/C16H21N3O2/c1-16(2,10-17)19(3)15-12-9-14-13(20-6-7-21-14)8-11(12)4-5-18-15/h4-5,8-9H,6-7,10,17H2,1-3H3. The molecule has 0 amide bonds. The van der Waals surface area contributed by atoms with Crippen molar-refractivity contribution in [1.82, 2.24) is 4.98 Å². The van der Waals surface area contributed by atoms with E-state index in [2.05, 4.69) is 23.7 Å². The average Bonchev–Trinajstić information content (AvgIpc) is 2.51. The number of aromatic nitrogens is 1. The Morgan fingerprint density at radius 1 is 1.24 bits per heavy atom. The minimum Gasteiger partial charge on any atom is -0.486 e. The molecule has 0 unspecified atom stereocenters. The zero-order valence-electron chi connectivity index (χ0n) is 12.7. The van der Waals surface area contributed by atoms with E-state index in [1.165, 1.54) is 0 Å². The van der Waals surface area contributed by atoms with Gasteiger partial charge in [-0.05, 0) is 37.4 Å². The zero-order chi connectivity index (χ0) is 15.0. The summed E-state index contributed by atoms with van der Waals surface area (Å²) < 4.78 is 11.3. The molecule has 0 aliphatic carbocycles. The Bertz CT molecular complexity index is 670. The van der Waals surface area contributed by atoms with Crippen molar-refractivity contribution < 1.29 is 9.47 Å². The SMILES string of the molecule is CN(c1nccc2cc3c(cc12)OCCO3)C(C)(C)CN. The van der Waals surface area contributed by atoms with Gasteiger partial charge in [0.25, 0.3) is 0 Å². The number of rotatable bonds is 3. The van der Waals surface area contributed by atoms with Gasteiger partial charge in [0.05, 0.1) is 0 Å². The number of pyridine rings is 1. The van der Waals surface area contributed by atoms with E-state index in [1.54, 1.807) is 0 Å². The molecule has 0 fully saturated rings. The van der Waals surface area contributed by atoms with Crippen LogP contribution in [0.3, 0.4) is 0 Å². The Morgan fingerprint density at radius 2 is 1.90 bits per heavy atom. The quantitative estimate of drug-likeness (QED) is 0.937. The van der Waals surface area contributed by atoms with Gasteiger partial charge in [0.1, 0.15) is 19.0 Å². The van der Waals surface area contributed by atoms with Gasteiger partial charge < -0.3 is 20.1 Å². The monoisotopic (exact) mass is 287 g/mol. The van der Waals surface area contributed by atoms with E-state index in [0.29, 0.717) is 19.8 Å². The van der Waals surface area contributed by atoms with Crippen LogP contribution in [0.4, 0.5) is 5.82 Å². The van der Waals surface area contributed by atoms with Crippen molar-refractivity contribution in [3.8, 4) is 11.5 Å². The van der Waals surface area contributed by atoms with Crippen LogP contribution in [0.25, 0.3) is 10.8 Å². The summed E-state index contributed by atoms with van der Waals surface area (Å²) in [4.78, 5) is 6.66. The molecule has 2 heterocycles. The zero-order valence-corrected chi connectivity index (χ0v) is 12.7. The molecule has 5 heteroatoms. The van der Waals surface area contributed by atoms with Crippen molar-refractivity contribution in [2.45, 2.75) is 19.4 Å². The number of benzene rings is 1. The molecule has 1 aliphatic heterocycles. The Labute approximate surface area is 124 Å². The minimum absolute atomic E-state index is 0.172. The number of fused-ring (bicyclic) bond motifs is 2. The molecule has 3 rings (SSSR count). The first-order chi connectivity index (χ1) is 10.0. The highest BCUT2D eigenvalue weighted by molar-refractivity contribution is 5.94. The lowest BCUT2D eigenvalue weighted by molar-refractivity contribution is 0.172. The van der Waals surface area contributed by atoms with Crippen LogP contribution in [-0.4, -0.2) is 37.3 Å². The number of hydrogen-bond donors (Lipinski definition) is 1. The van der Waals surface area contributed by atoms with Gasteiger partial charge in [-0.25, -0.2) is 4.98 Å². The van der Waals surface area contributed by atoms with E-state index in [-0.39, 0.29) is 5.54 Å². The van der Waals surface area contributed by atoms with Gasteiger partial charge >= 0.3 is 0 Å². The van der Waals surface area contributed by atoms with Crippen LogP contribution in [0.1, 0.15) is 13.8 Å². The van der Waals surface area contributed by atoms with Crippen molar-refractivity contribution in [3.63, 3.8) is 0 Å². The number of hydrogen-bond acceptors (Lipinski definition) is 5. The van der Waals surface area contributed by atoms with E-state index in [4.69, 9.17) is 15.2 Å².